The lowest BCUT2D eigenvalue weighted by Crippen LogP contribution is -2.54. The molecule has 0 aliphatic carbocycles. The maximum atomic E-state index is 12.6. The first-order valence-corrected chi connectivity index (χ1v) is 6.54. The van der Waals surface area contributed by atoms with Crippen molar-refractivity contribution >= 4 is 17.7 Å². The quantitative estimate of drug-likeness (QED) is 0.750. The molecule has 18 heavy (non-hydrogen) atoms. The average molecular weight is 275 g/mol. The van der Waals surface area contributed by atoms with Crippen molar-refractivity contribution in [2.75, 3.05) is 5.75 Å². The number of benzene rings is 1. The van der Waals surface area contributed by atoms with E-state index < -0.39 is 17.9 Å². The van der Waals surface area contributed by atoms with Crippen LogP contribution in [-0.4, -0.2) is 28.8 Å². The van der Waals surface area contributed by atoms with E-state index in [2.05, 4.69) is 0 Å². The summed E-state index contributed by atoms with van der Waals surface area (Å²) in [6.07, 6.45) is -3.32. The molecule has 0 saturated carbocycles. The fourth-order valence-electron chi connectivity index (χ4n) is 1.31. The van der Waals surface area contributed by atoms with E-state index in [1.165, 1.54) is 11.8 Å². The van der Waals surface area contributed by atoms with Crippen LogP contribution in [0.5, 0.6) is 0 Å². The standard InChI is InChI=1S/C12H15F2NO2S/c13-10(14)12(15,11(16)17)6-7-18-8-9-4-2-1-3-5-9/h1-5,10H,6-8,15H2,(H,16,17). The molecule has 6 heteroatoms. The number of nitrogens with two attached hydrogens (primary N) is 1. The third-order valence-corrected chi connectivity index (χ3v) is 3.59. The molecule has 1 aromatic rings. The van der Waals surface area contributed by atoms with Crippen LogP contribution in [0.3, 0.4) is 0 Å². The fraction of sp³-hybridized carbons (Fsp3) is 0.417. The highest BCUT2D eigenvalue weighted by Crippen LogP contribution is 2.22. The molecule has 100 valence electrons. The highest BCUT2D eigenvalue weighted by Gasteiger charge is 2.43. The summed E-state index contributed by atoms with van der Waals surface area (Å²) in [6, 6.07) is 9.51. The highest BCUT2D eigenvalue weighted by atomic mass is 32.2. The summed E-state index contributed by atoms with van der Waals surface area (Å²) in [4.78, 5) is 10.7. The lowest BCUT2D eigenvalue weighted by Gasteiger charge is -2.23. The first kappa shape index (κ1) is 14.9. The lowest BCUT2D eigenvalue weighted by atomic mass is 9.99. The number of hydrogen-bond acceptors (Lipinski definition) is 3. The number of carboxylic acids is 1. The van der Waals surface area contributed by atoms with Gasteiger partial charge in [0.25, 0.3) is 6.43 Å². The second-order valence-electron chi connectivity index (χ2n) is 3.93. The normalized spacial score (nSPS) is 14.4. The third-order valence-electron chi connectivity index (χ3n) is 2.56. The van der Waals surface area contributed by atoms with Gasteiger partial charge in [0.05, 0.1) is 0 Å². The average Bonchev–Trinajstić information content (AvgIpc) is 2.35. The molecule has 0 saturated heterocycles. The maximum absolute atomic E-state index is 12.6. The summed E-state index contributed by atoms with van der Waals surface area (Å²) < 4.78 is 25.1. The molecule has 0 radical (unpaired) electrons. The van der Waals surface area contributed by atoms with Crippen molar-refractivity contribution in [3.63, 3.8) is 0 Å². The molecule has 0 amide bonds. The van der Waals surface area contributed by atoms with Crippen LogP contribution in [-0.2, 0) is 10.5 Å². The monoisotopic (exact) mass is 275 g/mol. The molecule has 0 heterocycles. The molecule has 0 aromatic heterocycles. The summed E-state index contributed by atoms with van der Waals surface area (Å²) in [7, 11) is 0. The first-order valence-electron chi connectivity index (χ1n) is 5.39. The zero-order valence-corrected chi connectivity index (χ0v) is 10.5. The molecule has 0 fully saturated rings. The van der Waals surface area contributed by atoms with Crippen molar-refractivity contribution in [3.05, 3.63) is 35.9 Å². The van der Waals surface area contributed by atoms with Gasteiger partial charge in [0.2, 0.25) is 0 Å². The van der Waals surface area contributed by atoms with Crippen LogP contribution in [0, 0.1) is 0 Å². The second-order valence-corrected chi connectivity index (χ2v) is 5.04. The molecule has 0 spiro atoms. The van der Waals surface area contributed by atoms with Gasteiger partial charge < -0.3 is 10.8 Å². The Balaban J connectivity index is 2.39. The largest absolute Gasteiger partial charge is 0.480 e. The molecule has 1 rings (SSSR count). The van der Waals surface area contributed by atoms with Crippen molar-refractivity contribution in [1.29, 1.82) is 0 Å². The number of carboxylic acid groups (broad SMARTS) is 1. The number of aliphatic carboxylic acids is 1. The van der Waals surface area contributed by atoms with Gasteiger partial charge in [-0.3, -0.25) is 0 Å². The van der Waals surface area contributed by atoms with Gasteiger partial charge in [0, 0.05) is 5.75 Å². The van der Waals surface area contributed by atoms with Gasteiger partial charge >= 0.3 is 5.97 Å². The SMILES string of the molecule is NC(CCSCc1ccccc1)(C(=O)O)C(F)F. The second kappa shape index (κ2) is 6.70. The number of hydrogen-bond donors (Lipinski definition) is 2. The minimum Gasteiger partial charge on any atom is -0.480 e. The summed E-state index contributed by atoms with van der Waals surface area (Å²) in [5, 5.41) is 8.71. The Bertz CT molecular complexity index is 389. The van der Waals surface area contributed by atoms with Gasteiger partial charge in [-0.2, -0.15) is 11.8 Å². The minimum atomic E-state index is -3.06. The summed E-state index contributed by atoms with van der Waals surface area (Å²) >= 11 is 1.39. The molecule has 1 atom stereocenters. The van der Waals surface area contributed by atoms with Crippen molar-refractivity contribution in [3.8, 4) is 0 Å². The molecule has 0 bridgehead atoms. The van der Waals surface area contributed by atoms with E-state index in [1.54, 1.807) is 0 Å². The molecule has 1 unspecified atom stereocenters. The smallest absolute Gasteiger partial charge is 0.329 e. The molecule has 1 aromatic carbocycles. The number of alkyl halides is 2. The minimum absolute atomic E-state index is 0.252. The Labute approximate surface area is 108 Å². The van der Waals surface area contributed by atoms with Crippen LogP contribution in [0.4, 0.5) is 8.78 Å². The van der Waals surface area contributed by atoms with E-state index in [4.69, 9.17) is 10.8 Å². The molecule has 3 N–H and O–H groups in total. The first-order chi connectivity index (χ1) is 8.47. The summed E-state index contributed by atoms with van der Waals surface area (Å²) in [5.74, 6) is -0.722. The van der Waals surface area contributed by atoms with Gasteiger partial charge in [0.1, 0.15) is 0 Å². The van der Waals surface area contributed by atoms with E-state index >= 15 is 0 Å². The summed E-state index contributed by atoms with van der Waals surface area (Å²) in [5.41, 5.74) is 3.83. The summed E-state index contributed by atoms with van der Waals surface area (Å²) in [6.45, 7) is 0. The van der Waals surface area contributed by atoms with E-state index in [1.807, 2.05) is 30.3 Å². The van der Waals surface area contributed by atoms with Crippen LogP contribution in [0.2, 0.25) is 0 Å². The Morgan fingerprint density at radius 1 is 1.39 bits per heavy atom. The van der Waals surface area contributed by atoms with Crippen LogP contribution in [0.25, 0.3) is 0 Å². The Morgan fingerprint density at radius 3 is 2.50 bits per heavy atom. The molecule has 3 nitrogen and oxygen atoms in total. The molecular weight excluding hydrogens is 260 g/mol. The van der Waals surface area contributed by atoms with Gasteiger partial charge in [-0.15, -0.1) is 0 Å². The zero-order valence-electron chi connectivity index (χ0n) is 9.68. The van der Waals surface area contributed by atoms with Crippen molar-refractivity contribution < 1.29 is 18.7 Å². The Kier molecular flexibility index (Phi) is 5.55. The fourth-order valence-corrected chi connectivity index (χ4v) is 2.37. The van der Waals surface area contributed by atoms with E-state index in [-0.39, 0.29) is 12.2 Å². The number of thioether (sulfide) groups is 1. The van der Waals surface area contributed by atoms with Crippen LogP contribution < -0.4 is 5.73 Å². The van der Waals surface area contributed by atoms with Gasteiger partial charge in [-0.25, -0.2) is 13.6 Å². The van der Waals surface area contributed by atoms with Crippen molar-refractivity contribution in [1.82, 2.24) is 0 Å². The van der Waals surface area contributed by atoms with E-state index in [0.29, 0.717) is 5.75 Å². The van der Waals surface area contributed by atoms with Crippen LogP contribution in [0.15, 0.2) is 30.3 Å². The topological polar surface area (TPSA) is 63.3 Å². The third kappa shape index (κ3) is 3.96. The van der Waals surface area contributed by atoms with Gasteiger partial charge in [-0.1, -0.05) is 30.3 Å². The van der Waals surface area contributed by atoms with Crippen molar-refractivity contribution in [2.24, 2.45) is 5.73 Å². The van der Waals surface area contributed by atoms with E-state index in [9.17, 15) is 13.6 Å². The number of rotatable bonds is 7. The number of halogens is 2. The Hall–Kier alpha value is -1.14. The predicted octanol–water partition coefficient (Wildman–Crippen LogP) is 2.36. The molecule has 0 aliphatic heterocycles. The van der Waals surface area contributed by atoms with Crippen LogP contribution >= 0.6 is 11.8 Å². The maximum Gasteiger partial charge on any atom is 0.329 e. The van der Waals surface area contributed by atoms with Gasteiger partial charge in [-0.05, 0) is 17.7 Å². The van der Waals surface area contributed by atoms with Crippen LogP contribution in [0.1, 0.15) is 12.0 Å². The highest BCUT2D eigenvalue weighted by molar-refractivity contribution is 7.98. The predicted molar refractivity (Wildman–Crippen MR) is 67.8 cm³/mol. The van der Waals surface area contributed by atoms with Gasteiger partial charge in [0.15, 0.2) is 5.54 Å². The Morgan fingerprint density at radius 2 is 2.00 bits per heavy atom. The zero-order chi connectivity index (χ0) is 13.6. The van der Waals surface area contributed by atoms with E-state index in [0.717, 1.165) is 5.56 Å². The molecule has 0 aliphatic rings. The molecular formula is C12H15F2NO2S. The van der Waals surface area contributed by atoms with Crippen molar-refractivity contribution in [2.45, 2.75) is 24.1 Å². The lowest BCUT2D eigenvalue weighted by molar-refractivity contribution is -0.149. The number of carbonyl (C=O) groups is 1.